The van der Waals surface area contributed by atoms with Crippen molar-refractivity contribution in [3.05, 3.63) is 64.2 Å². The van der Waals surface area contributed by atoms with Gasteiger partial charge in [0.2, 0.25) is 11.8 Å². The number of hydrogen-bond acceptors (Lipinski definition) is 7. The van der Waals surface area contributed by atoms with E-state index in [9.17, 15) is 24.5 Å². The third kappa shape index (κ3) is 4.65. The van der Waals surface area contributed by atoms with Crippen molar-refractivity contribution < 1.29 is 19.3 Å². The molecule has 0 atom stereocenters. The molecule has 9 nitrogen and oxygen atoms in total. The molecule has 2 aromatic carbocycles. The Hall–Kier alpha value is -3.40. The summed E-state index contributed by atoms with van der Waals surface area (Å²) in [5, 5.41) is 16.1. The average molecular weight is 400 g/mol. The van der Waals surface area contributed by atoms with Crippen molar-refractivity contribution in [3.8, 4) is 0 Å². The molecule has 1 heterocycles. The van der Waals surface area contributed by atoms with Crippen LogP contribution in [0.1, 0.15) is 5.56 Å². The van der Waals surface area contributed by atoms with Crippen LogP contribution in [0.5, 0.6) is 0 Å². The summed E-state index contributed by atoms with van der Waals surface area (Å²) in [6.07, 6.45) is 0. The Labute approximate surface area is 164 Å². The van der Waals surface area contributed by atoms with E-state index in [2.05, 4.69) is 10.6 Å². The molecule has 3 amide bonds. The number of thioether (sulfide) groups is 1. The minimum absolute atomic E-state index is 0.108. The summed E-state index contributed by atoms with van der Waals surface area (Å²) in [4.78, 5) is 47.0. The second kappa shape index (κ2) is 8.53. The van der Waals surface area contributed by atoms with E-state index in [-0.39, 0.29) is 47.3 Å². The predicted octanol–water partition coefficient (Wildman–Crippen LogP) is 2.84. The first-order valence-corrected chi connectivity index (χ1v) is 9.26. The molecule has 10 heteroatoms. The number of nitrogens with zero attached hydrogens (tertiary/aromatic N) is 2. The molecule has 2 N–H and O–H groups in total. The third-order valence-electron chi connectivity index (χ3n) is 3.96. The Balaban J connectivity index is 1.54. The first-order valence-electron chi connectivity index (χ1n) is 8.27. The van der Waals surface area contributed by atoms with Crippen molar-refractivity contribution in [2.75, 3.05) is 22.9 Å². The van der Waals surface area contributed by atoms with Crippen molar-refractivity contribution in [1.29, 1.82) is 0 Å². The molecule has 0 radical (unpaired) electrons. The predicted molar refractivity (Wildman–Crippen MR) is 105 cm³/mol. The molecule has 2 aromatic rings. The maximum Gasteiger partial charge on any atom is 0.292 e. The normalized spacial score (nSPS) is 13.5. The summed E-state index contributed by atoms with van der Waals surface area (Å²) in [6.45, 7) is 0.0543. The SMILES string of the molecule is O=C(CNc1ccccc1[N+](=O)[O-])Nc1ccc(CN2C(=O)CSC2=O)cc1. The molecule has 3 rings (SSSR count). The zero-order valence-corrected chi connectivity index (χ0v) is 15.4. The summed E-state index contributed by atoms with van der Waals surface area (Å²) >= 11 is 0.982. The van der Waals surface area contributed by atoms with Crippen LogP contribution in [0.2, 0.25) is 0 Å². The molecule has 0 spiro atoms. The molecule has 0 bridgehead atoms. The van der Waals surface area contributed by atoms with Crippen molar-refractivity contribution in [2.24, 2.45) is 0 Å². The number of benzene rings is 2. The maximum absolute atomic E-state index is 12.1. The van der Waals surface area contributed by atoms with E-state index < -0.39 is 4.92 Å². The Morgan fingerprint density at radius 3 is 2.50 bits per heavy atom. The second-order valence-corrected chi connectivity index (χ2v) is 6.83. The van der Waals surface area contributed by atoms with Crippen molar-refractivity contribution in [3.63, 3.8) is 0 Å². The number of nitrogens with one attached hydrogen (secondary N) is 2. The van der Waals surface area contributed by atoms with E-state index in [0.29, 0.717) is 5.69 Å². The maximum atomic E-state index is 12.1. The zero-order chi connectivity index (χ0) is 20.1. The Kier molecular flexibility index (Phi) is 5.90. The molecule has 28 heavy (non-hydrogen) atoms. The topological polar surface area (TPSA) is 122 Å². The number of nitro groups is 1. The van der Waals surface area contributed by atoms with E-state index in [1.807, 2.05) is 0 Å². The van der Waals surface area contributed by atoms with Gasteiger partial charge in [-0.25, -0.2) is 0 Å². The van der Waals surface area contributed by atoms with Gasteiger partial charge in [-0.2, -0.15) is 0 Å². The summed E-state index contributed by atoms with van der Waals surface area (Å²) in [5.74, 6) is -0.417. The molecular weight excluding hydrogens is 384 g/mol. The highest BCUT2D eigenvalue weighted by atomic mass is 32.2. The number of nitro benzene ring substituents is 1. The van der Waals surface area contributed by atoms with Gasteiger partial charge in [-0.15, -0.1) is 0 Å². The van der Waals surface area contributed by atoms with Gasteiger partial charge in [0.05, 0.1) is 23.8 Å². The largest absolute Gasteiger partial charge is 0.371 e. The molecule has 0 saturated carbocycles. The number of anilines is 2. The number of hydrogen-bond donors (Lipinski definition) is 2. The quantitative estimate of drug-likeness (QED) is 0.541. The molecule has 1 saturated heterocycles. The van der Waals surface area contributed by atoms with Gasteiger partial charge in [0.15, 0.2) is 0 Å². The minimum Gasteiger partial charge on any atom is -0.371 e. The molecule has 1 aliphatic rings. The number of amides is 3. The number of para-hydroxylation sites is 2. The highest BCUT2D eigenvalue weighted by Gasteiger charge is 2.29. The molecule has 1 fully saturated rings. The van der Waals surface area contributed by atoms with Crippen LogP contribution in [0.15, 0.2) is 48.5 Å². The number of imide groups is 1. The average Bonchev–Trinajstić information content (AvgIpc) is 3.00. The van der Waals surface area contributed by atoms with Gasteiger partial charge in [-0.1, -0.05) is 36.0 Å². The van der Waals surface area contributed by atoms with E-state index >= 15 is 0 Å². The number of carbonyl (C=O) groups excluding carboxylic acids is 3. The summed E-state index contributed by atoms with van der Waals surface area (Å²) < 4.78 is 0. The van der Waals surface area contributed by atoms with Gasteiger partial charge >= 0.3 is 0 Å². The first kappa shape index (κ1) is 19.4. The highest BCUT2D eigenvalue weighted by Crippen LogP contribution is 2.23. The highest BCUT2D eigenvalue weighted by molar-refractivity contribution is 8.14. The molecule has 0 unspecified atom stereocenters. The lowest BCUT2D eigenvalue weighted by Gasteiger charge is -2.13. The lowest BCUT2D eigenvalue weighted by atomic mass is 10.2. The van der Waals surface area contributed by atoms with Gasteiger partial charge in [0, 0.05) is 11.8 Å². The van der Waals surface area contributed by atoms with Crippen LogP contribution in [-0.2, 0) is 16.1 Å². The van der Waals surface area contributed by atoms with Crippen LogP contribution < -0.4 is 10.6 Å². The molecule has 1 aliphatic heterocycles. The van der Waals surface area contributed by atoms with Crippen LogP contribution in [0, 0.1) is 10.1 Å². The lowest BCUT2D eigenvalue weighted by Crippen LogP contribution is -2.27. The summed E-state index contributed by atoms with van der Waals surface area (Å²) in [5.41, 5.74) is 1.45. The van der Waals surface area contributed by atoms with Crippen molar-refractivity contribution >= 4 is 45.9 Å². The fourth-order valence-corrected chi connectivity index (χ4v) is 3.30. The summed E-state index contributed by atoms with van der Waals surface area (Å²) in [6, 6.07) is 12.8. The molecule has 144 valence electrons. The smallest absolute Gasteiger partial charge is 0.292 e. The molecular formula is C18H16N4O5S. The van der Waals surface area contributed by atoms with E-state index in [4.69, 9.17) is 0 Å². The first-order chi connectivity index (χ1) is 13.4. The molecule has 0 aromatic heterocycles. The Bertz CT molecular complexity index is 916. The minimum atomic E-state index is -0.521. The lowest BCUT2D eigenvalue weighted by molar-refractivity contribution is -0.383. The zero-order valence-electron chi connectivity index (χ0n) is 14.6. The van der Waals surface area contributed by atoms with Crippen LogP contribution in [0.4, 0.5) is 21.9 Å². The van der Waals surface area contributed by atoms with E-state index in [0.717, 1.165) is 17.3 Å². The van der Waals surface area contributed by atoms with E-state index in [1.54, 1.807) is 36.4 Å². The number of carbonyl (C=O) groups is 3. The van der Waals surface area contributed by atoms with Gasteiger partial charge in [0.1, 0.15) is 5.69 Å². The monoisotopic (exact) mass is 400 g/mol. The third-order valence-corrected chi connectivity index (χ3v) is 4.82. The van der Waals surface area contributed by atoms with Crippen LogP contribution in [0.25, 0.3) is 0 Å². The van der Waals surface area contributed by atoms with Gasteiger partial charge in [-0.05, 0) is 23.8 Å². The van der Waals surface area contributed by atoms with Crippen LogP contribution >= 0.6 is 11.8 Å². The molecule has 0 aliphatic carbocycles. The Morgan fingerprint density at radius 1 is 1.14 bits per heavy atom. The summed E-state index contributed by atoms with van der Waals surface area (Å²) in [7, 11) is 0. The van der Waals surface area contributed by atoms with Gasteiger partial charge < -0.3 is 10.6 Å². The van der Waals surface area contributed by atoms with E-state index in [1.165, 1.54) is 17.0 Å². The van der Waals surface area contributed by atoms with Gasteiger partial charge in [0.25, 0.3) is 10.9 Å². The standard InChI is InChI=1S/C18H16N4O5S/c23-16(9-19-14-3-1-2-4-15(14)22(26)27)20-13-7-5-12(6-8-13)10-21-17(24)11-28-18(21)25/h1-8,19H,9-11H2,(H,20,23). The van der Waals surface area contributed by atoms with Gasteiger partial charge in [-0.3, -0.25) is 29.4 Å². The second-order valence-electron chi connectivity index (χ2n) is 5.91. The fraction of sp³-hybridized carbons (Fsp3) is 0.167. The van der Waals surface area contributed by atoms with Crippen molar-refractivity contribution in [1.82, 2.24) is 4.90 Å². The van der Waals surface area contributed by atoms with Crippen molar-refractivity contribution in [2.45, 2.75) is 6.54 Å². The number of rotatable bonds is 7. The Morgan fingerprint density at radius 2 is 1.86 bits per heavy atom. The van der Waals surface area contributed by atoms with Crippen LogP contribution in [0.3, 0.4) is 0 Å². The fourth-order valence-electron chi connectivity index (χ4n) is 2.57. The van der Waals surface area contributed by atoms with Crippen LogP contribution in [-0.4, -0.2) is 39.2 Å².